The Labute approximate surface area is 104 Å². The Kier molecular flexibility index (Phi) is 4.71. The van der Waals surface area contributed by atoms with Crippen molar-refractivity contribution in [2.75, 3.05) is 11.9 Å². The Morgan fingerprint density at radius 3 is 2.88 bits per heavy atom. The summed E-state index contributed by atoms with van der Waals surface area (Å²) in [6.07, 6.45) is 0. The van der Waals surface area contributed by atoms with E-state index in [0.717, 1.165) is 5.69 Å². The number of rotatable bonds is 4. The molecule has 1 aromatic carbocycles. The van der Waals surface area contributed by atoms with Crippen molar-refractivity contribution < 1.29 is 5.21 Å². The van der Waals surface area contributed by atoms with Crippen LogP contribution in [0.15, 0.2) is 23.4 Å². The molecule has 0 saturated carbocycles. The monoisotopic (exact) mass is 261 g/mol. The molecule has 0 aliphatic carbocycles. The maximum Gasteiger partial charge on any atom is 0.143 e. The molecule has 4 N–H and O–H groups in total. The highest BCUT2D eigenvalue weighted by molar-refractivity contribution is 6.35. The highest BCUT2D eigenvalue weighted by Gasteiger charge is 2.08. The van der Waals surface area contributed by atoms with Gasteiger partial charge < -0.3 is 16.3 Å². The molecular weight excluding hydrogens is 249 g/mol. The zero-order valence-corrected chi connectivity index (χ0v) is 10.3. The van der Waals surface area contributed by atoms with Crippen molar-refractivity contribution in [2.45, 2.75) is 6.92 Å². The van der Waals surface area contributed by atoms with Crippen LogP contribution in [-0.2, 0) is 0 Å². The number of nitrogens with one attached hydrogen (secondary N) is 1. The van der Waals surface area contributed by atoms with E-state index in [1.54, 1.807) is 18.2 Å². The Morgan fingerprint density at radius 1 is 1.56 bits per heavy atom. The van der Waals surface area contributed by atoms with Gasteiger partial charge in [-0.25, -0.2) is 0 Å². The standard InChI is InChI=1S/C10H13Cl2N3O/c1-6(10(13)15-16)5-14-9-4-7(11)2-3-8(9)12/h2-4,6,14,16H,5H2,1H3,(H2,13,15). The molecule has 0 saturated heterocycles. The Hall–Kier alpha value is -1.13. The van der Waals surface area contributed by atoms with Crippen LogP contribution in [0.1, 0.15) is 6.92 Å². The zero-order valence-electron chi connectivity index (χ0n) is 8.74. The summed E-state index contributed by atoms with van der Waals surface area (Å²) < 4.78 is 0. The largest absolute Gasteiger partial charge is 0.409 e. The Bertz CT molecular complexity index is 396. The van der Waals surface area contributed by atoms with E-state index in [-0.39, 0.29) is 11.8 Å². The molecule has 1 atom stereocenters. The third-order valence-corrected chi connectivity index (χ3v) is 2.71. The van der Waals surface area contributed by atoms with E-state index in [1.807, 2.05) is 6.92 Å². The van der Waals surface area contributed by atoms with Gasteiger partial charge in [-0.3, -0.25) is 0 Å². The van der Waals surface area contributed by atoms with Crippen LogP contribution in [0.5, 0.6) is 0 Å². The number of nitrogens with two attached hydrogens (primary N) is 1. The summed E-state index contributed by atoms with van der Waals surface area (Å²) >= 11 is 11.8. The van der Waals surface area contributed by atoms with Crippen LogP contribution in [0, 0.1) is 5.92 Å². The minimum Gasteiger partial charge on any atom is -0.409 e. The lowest BCUT2D eigenvalue weighted by Gasteiger charge is -2.13. The Morgan fingerprint density at radius 2 is 2.25 bits per heavy atom. The van der Waals surface area contributed by atoms with E-state index < -0.39 is 0 Å². The molecule has 0 aliphatic rings. The van der Waals surface area contributed by atoms with E-state index in [4.69, 9.17) is 34.1 Å². The van der Waals surface area contributed by atoms with Gasteiger partial charge in [0.1, 0.15) is 5.84 Å². The number of halogens is 2. The summed E-state index contributed by atoms with van der Waals surface area (Å²) in [5.41, 5.74) is 6.18. The normalized spacial score (nSPS) is 13.6. The maximum absolute atomic E-state index is 8.49. The van der Waals surface area contributed by atoms with Crippen molar-refractivity contribution in [3.8, 4) is 0 Å². The number of hydrogen-bond donors (Lipinski definition) is 3. The first-order valence-corrected chi connectivity index (χ1v) is 5.46. The molecule has 0 heterocycles. The molecule has 0 spiro atoms. The lowest BCUT2D eigenvalue weighted by molar-refractivity contribution is 0.315. The molecule has 0 radical (unpaired) electrons. The minimum absolute atomic E-state index is 0.0972. The molecule has 1 unspecified atom stereocenters. The molecule has 0 aromatic heterocycles. The molecule has 0 bridgehead atoms. The second kappa shape index (κ2) is 5.82. The van der Waals surface area contributed by atoms with Crippen LogP contribution in [0.3, 0.4) is 0 Å². The molecule has 4 nitrogen and oxygen atoms in total. The second-order valence-electron chi connectivity index (χ2n) is 3.43. The summed E-state index contributed by atoms with van der Waals surface area (Å²) in [5, 5.41) is 15.7. The van der Waals surface area contributed by atoms with Crippen LogP contribution in [-0.4, -0.2) is 17.6 Å². The van der Waals surface area contributed by atoms with Crippen LogP contribution >= 0.6 is 23.2 Å². The first-order valence-electron chi connectivity index (χ1n) is 4.71. The number of nitrogens with zero attached hydrogens (tertiary/aromatic N) is 1. The van der Waals surface area contributed by atoms with Gasteiger partial charge in [-0.05, 0) is 18.2 Å². The van der Waals surface area contributed by atoms with Crippen molar-refractivity contribution in [1.29, 1.82) is 0 Å². The molecule has 0 amide bonds. The van der Waals surface area contributed by atoms with Gasteiger partial charge >= 0.3 is 0 Å². The highest BCUT2D eigenvalue weighted by atomic mass is 35.5. The van der Waals surface area contributed by atoms with E-state index in [0.29, 0.717) is 16.6 Å². The molecule has 1 aromatic rings. The quantitative estimate of drug-likeness (QED) is 0.338. The van der Waals surface area contributed by atoms with Crippen molar-refractivity contribution in [3.63, 3.8) is 0 Å². The van der Waals surface area contributed by atoms with Gasteiger partial charge in [0.05, 0.1) is 10.7 Å². The predicted molar refractivity (Wildman–Crippen MR) is 67.5 cm³/mol. The topological polar surface area (TPSA) is 70.6 Å². The van der Waals surface area contributed by atoms with E-state index in [1.165, 1.54) is 0 Å². The third-order valence-electron chi connectivity index (χ3n) is 2.15. The minimum atomic E-state index is -0.0972. The highest BCUT2D eigenvalue weighted by Crippen LogP contribution is 2.25. The molecule has 0 aliphatic heterocycles. The first-order chi connectivity index (χ1) is 7.54. The van der Waals surface area contributed by atoms with Crippen LogP contribution < -0.4 is 11.1 Å². The average molecular weight is 262 g/mol. The molecule has 88 valence electrons. The number of benzene rings is 1. The average Bonchev–Trinajstić information content (AvgIpc) is 2.28. The lowest BCUT2D eigenvalue weighted by atomic mass is 10.1. The number of anilines is 1. The van der Waals surface area contributed by atoms with Gasteiger partial charge in [-0.1, -0.05) is 35.3 Å². The summed E-state index contributed by atoms with van der Waals surface area (Å²) in [4.78, 5) is 0. The van der Waals surface area contributed by atoms with Crippen molar-refractivity contribution in [1.82, 2.24) is 0 Å². The van der Waals surface area contributed by atoms with Gasteiger partial charge in [0.25, 0.3) is 0 Å². The van der Waals surface area contributed by atoms with Crippen molar-refractivity contribution in [2.24, 2.45) is 16.8 Å². The fourth-order valence-electron chi connectivity index (χ4n) is 1.10. The van der Waals surface area contributed by atoms with Crippen molar-refractivity contribution in [3.05, 3.63) is 28.2 Å². The van der Waals surface area contributed by atoms with Crippen LogP contribution in [0.2, 0.25) is 10.0 Å². The van der Waals surface area contributed by atoms with E-state index in [9.17, 15) is 0 Å². The summed E-state index contributed by atoms with van der Waals surface area (Å²) in [7, 11) is 0. The number of amidine groups is 1. The van der Waals surface area contributed by atoms with Gasteiger partial charge in [-0.2, -0.15) is 0 Å². The molecule has 1 rings (SSSR count). The number of hydrogen-bond acceptors (Lipinski definition) is 3. The summed E-state index contributed by atoms with van der Waals surface area (Å²) in [6.45, 7) is 2.34. The van der Waals surface area contributed by atoms with Gasteiger partial charge in [0, 0.05) is 17.5 Å². The molecule has 6 heteroatoms. The Balaban J connectivity index is 2.64. The summed E-state index contributed by atoms with van der Waals surface area (Å²) in [5.74, 6) is 0.0747. The van der Waals surface area contributed by atoms with Crippen LogP contribution in [0.4, 0.5) is 5.69 Å². The second-order valence-corrected chi connectivity index (χ2v) is 4.27. The number of oxime groups is 1. The molecular formula is C10H13Cl2N3O. The maximum atomic E-state index is 8.49. The zero-order chi connectivity index (χ0) is 12.1. The van der Waals surface area contributed by atoms with E-state index >= 15 is 0 Å². The smallest absolute Gasteiger partial charge is 0.143 e. The third kappa shape index (κ3) is 3.47. The SMILES string of the molecule is CC(CNc1cc(Cl)ccc1Cl)C(N)=NO. The fourth-order valence-corrected chi connectivity index (χ4v) is 1.46. The molecule has 0 fully saturated rings. The van der Waals surface area contributed by atoms with E-state index in [2.05, 4.69) is 10.5 Å². The van der Waals surface area contributed by atoms with Gasteiger partial charge in [0.15, 0.2) is 0 Å². The van der Waals surface area contributed by atoms with Crippen molar-refractivity contribution >= 4 is 34.7 Å². The fraction of sp³-hybridized carbons (Fsp3) is 0.300. The van der Waals surface area contributed by atoms with Gasteiger partial charge in [-0.15, -0.1) is 0 Å². The van der Waals surface area contributed by atoms with Gasteiger partial charge in [0.2, 0.25) is 0 Å². The van der Waals surface area contributed by atoms with Crippen LogP contribution in [0.25, 0.3) is 0 Å². The lowest BCUT2D eigenvalue weighted by Crippen LogP contribution is -2.27. The summed E-state index contributed by atoms with van der Waals surface area (Å²) in [6, 6.07) is 5.14. The first kappa shape index (κ1) is 12.9. The molecule has 16 heavy (non-hydrogen) atoms. The predicted octanol–water partition coefficient (Wildman–Crippen LogP) is 2.79.